The molecule has 1 amide bonds. The predicted octanol–water partition coefficient (Wildman–Crippen LogP) is 0.364. The summed E-state index contributed by atoms with van der Waals surface area (Å²) in [5.74, 6) is 0.132. The van der Waals surface area contributed by atoms with E-state index in [0.717, 1.165) is 28.5 Å². The molecule has 0 spiro atoms. The van der Waals surface area contributed by atoms with Crippen molar-refractivity contribution in [3.8, 4) is 5.75 Å². The van der Waals surface area contributed by atoms with Crippen LogP contribution in [0.25, 0.3) is 0 Å². The number of nitrogens with zero attached hydrogens (tertiary/aromatic N) is 2. The first kappa shape index (κ1) is 18.7. The highest BCUT2D eigenvalue weighted by Crippen LogP contribution is 2.30. The van der Waals surface area contributed by atoms with Crippen molar-refractivity contribution in [1.82, 2.24) is 14.5 Å². The van der Waals surface area contributed by atoms with E-state index in [1.807, 2.05) is 13.0 Å². The Kier molecular flexibility index (Phi) is 5.84. The molecule has 0 bridgehead atoms. The quantitative estimate of drug-likeness (QED) is 0.825. The summed E-state index contributed by atoms with van der Waals surface area (Å²) in [6.07, 6.45) is 0. The minimum Gasteiger partial charge on any atom is -0.495 e. The number of hydrogen-bond acceptors (Lipinski definition) is 5. The van der Waals surface area contributed by atoms with Gasteiger partial charge in [0.05, 0.1) is 13.7 Å². The first-order valence-electron chi connectivity index (χ1n) is 7.87. The predicted molar refractivity (Wildman–Crippen MR) is 91.7 cm³/mol. The van der Waals surface area contributed by atoms with Gasteiger partial charge in [0.2, 0.25) is 15.9 Å². The van der Waals surface area contributed by atoms with Gasteiger partial charge in [-0.25, -0.2) is 8.42 Å². The summed E-state index contributed by atoms with van der Waals surface area (Å²) in [6, 6.07) is 3.44. The van der Waals surface area contributed by atoms with E-state index in [1.54, 1.807) is 17.9 Å². The summed E-state index contributed by atoms with van der Waals surface area (Å²) < 4.78 is 32.2. The maximum atomic E-state index is 12.9. The van der Waals surface area contributed by atoms with E-state index in [0.29, 0.717) is 18.8 Å². The molecular formula is C16H25N3O4S. The lowest BCUT2D eigenvalue weighted by Crippen LogP contribution is -2.49. The summed E-state index contributed by atoms with van der Waals surface area (Å²) in [7, 11) is -0.945. The number of aryl methyl sites for hydroxylation is 2. The van der Waals surface area contributed by atoms with Crippen LogP contribution in [0.3, 0.4) is 0 Å². The molecule has 0 aliphatic carbocycles. The number of piperazine rings is 1. The van der Waals surface area contributed by atoms with Gasteiger partial charge in [0.1, 0.15) is 10.6 Å². The van der Waals surface area contributed by atoms with Crippen molar-refractivity contribution in [2.24, 2.45) is 0 Å². The van der Waals surface area contributed by atoms with E-state index < -0.39 is 10.0 Å². The molecule has 1 aromatic rings. The monoisotopic (exact) mass is 355 g/mol. The van der Waals surface area contributed by atoms with Crippen molar-refractivity contribution >= 4 is 15.9 Å². The minimum atomic E-state index is -3.82. The number of likely N-dealkylation sites (N-methyl/N-ethyl adjacent to an activating group) is 1. The van der Waals surface area contributed by atoms with E-state index >= 15 is 0 Å². The van der Waals surface area contributed by atoms with E-state index in [9.17, 15) is 13.2 Å². The largest absolute Gasteiger partial charge is 0.495 e. The maximum Gasteiger partial charge on any atom is 0.246 e. The van der Waals surface area contributed by atoms with E-state index in [1.165, 1.54) is 14.2 Å². The van der Waals surface area contributed by atoms with Gasteiger partial charge >= 0.3 is 0 Å². The Morgan fingerprint density at radius 3 is 2.50 bits per heavy atom. The van der Waals surface area contributed by atoms with Gasteiger partial charge in [-0.3, -0.25) is 4.79 Å². The Balaban J connectivity index is 2.25. The van der Waals surface area contributed by atoms with Crippen molar-refractivity contribution in [3.05, 3.63) is 23.3 Å². The SMILES string of the molecule is COc1c(C)cc(C)cc1S(=O)(=O)N(C)CC(=O)N1CCNCC1. The number of sulfonamides is 1. The second-order valence-electron chi connectivity index (χ2n) is 6.01. The van der Waals surface area contributed by atoms with Gasteiger partial charge < -0.3 is 15.0 Å². The van der Waals surface area contributed by atoms with Crippen LogP contribution in [0.2, 0.25) is 0 Å². The molecule has 1 aliphatic rings. The number of amides is 1. The van der Waals surface area contributed by atoms with Crippen LogP contribution >= 0.6 is 0 Å². The number of carbonyl (C=O) groups excluding carboxylic acids is 1. The fourth-order valence-corrected chi connectivity index (χ4v) is 4.26. The van der Waals surface area contributed by atoms with Crippen molar-refractivity contribution in [2.75, 3.05) is 46.9 Å². The molecule has 1 fully saturated rings. The highest BCUT2D eigenvalue weighted by Gasteiger charge is 2.29. The number of nitrogens with one attached hydrogen (secondary N) is 1. The zero-order valence-corrected chi connectivity index (χ0v) is 15.4. The molecule has 0 atom stereocenters. The van der Waals surface area contributed by atoms with Crippen LogP contribution in [0.15, 0.2) is 17.0 Å². The van der Waals surface area contributed by atoms with E-state index in [-0.39, 0.29) is 17.3 Å². The zero-order chi connectivity index (χ0) is 17.9. The summed E-state index contributed by atoms with van der Waals surface area (Å²) in [5, 5.41) is 3.16. The van der Waals surface area contributed by atoms with Gasteiger partial charge in [-0.15, -0.1) is 0 Å². The van der Waals surface area contributed by atoms with Gasteiger partial charge in [-0.2, -0.15) is 4.31 Å². The van der Waals surface area contributed by atoms with Crippen LogP contribution < -0.4 is 10.1 Å². The Hall–Kier alpha value is -1.64. The summed E-state index contributed by atoms with van der Waals surface area (Å²) in [4.78, 5) is 14.1. The van der Waals surface area contributed by atoms with Crippen LogP contribution in [0.5, 0.6) is 5.75 Å². The molecule has 0 aromatic heterocycles. The molecule has 134 valence electrons. The molecule has 0 radical (unpaired) electrons. The van der Waals surface area contributed by atoms with Gasteiger partial charge in [0.15, 0.2) is 0 Å². The van der Waals surface area contributed by atoms with Crippen LogP contribution in [0, 0.1) is 13.8 Å². The molecule has 7 nitrogen and oxygen atoms in total. The second-order valence-corrected chi connectivity index (χ2v) is 8.02. The molecule has 2 rings (SSSR count). The number of rotatable bonds is 5. The number of carbonyl (C=O) groups is 1. The summed E-state index contributed by atoms with van der Waals surface area (Å²) in [5.41, 5.74) is 1.58. The standard InChI is InChI=1S/C16H25N3O4S/c1-12-9-13(2)16(23-4)14(10-12)24(21,22)18(3)11-15(20)19-7-5-17-6-8-19/h9-10,17H,5-8,11H2,1-4H3. The average molecular weight is 355 g/mol. The van der Waals surface area contributed by atoms with Crippen molar-refractivity contribution in [1.29, 1.82) is 0 Å². The molecule has 0 saturated carbocycles. The second kappa shape index (κ2) is 7.50. The topological polar surface area (TPSA) is 79.0 Å². The Morgan fingerprint density at radius 2 is 1.92 bits per heavy atom. The number of methoxy groups -OCH3 is 1. The highest BCUT2D eigenvalue weighted by atomic mass is 32.2. The lowest BCUT2D eigenvalue weighted by Gasteiger charge is -2.29. The number of ether oxygens (including phenoxy) is 1. The van der Waals surface area contributed by atoms with Gasteiger partial charge in [0, 0.05) is 33.2 Å². The van der Waals surface area contributed by atoms with Crippen LogP contribution in [-0.4, -0.2) is 70.4 Å². The lowest BCUT2D eigenvalue weighted by atomic mass is 10.1. The Labute approximate surface area is 143 Å². The molecule has 1 N–H and O–H groups in total. The van der Waals surface area contributed by atoms with E-state index in [4.69, 9.17) is 4.74 Å². The summed E-state index contributed by atoms with van der Waals surface area (Å²) >= 11 is 0. The molecule has 0 unspecified atom stereocenters. The van der Waals surface area contributed by atoms with Crippen molar-refractivity contribution in [3.63, 3.8) is 0 Å². The smallest absolute Gasteiger partial charge is 0.246 e. The van der Waals surface area contributed by atoms with Gasteiger partial charge in [0.25, 0.3) is 0 Å². The van der Waals surface area contributed by atoms with Crippen LogP contribution in [0.1, 0.15) is 11.1 Å². The number of hydrogen-bond donors (Lipinski definition) is 1. The van der Waals surface area contributed by atoms with Gasteiger partial charge in [-0.1, -0.05) is 6.07 Å². The Morgan fingerprint density at radius 1 is 1.29 bits per heavy atom. The van der Waals surface area contributed by atoms with Gasteiger partial charge in [-0.05, 0) is 31.0 Å². The summed E-state index contributed by atoms with van der Waals surface area (Å²) in [6.45, 7) is 6.10. The molecular weight excluding hydrogens is 330 g/mol. The average Bonchev–Trinajstić information content (AvgIpc) is 2.54. The van der Waals surface area contributed by atoms with Crippen LogP contribution in [-0.2, 0) is 14.8 Å². The third-order valence-corrected chi connectivity index (χ3v) is 5.91. The fraction of sp³-hybridized carbons (Fsp3) is 0.562. The van der Waals surface area contributed by atoms with Crippen molar-refractivity contribution < 1.29 is 17.9 Å². The molecule has 24 heavy (non-hydrogen) atoms. The number of benzene rings is 1. The molecule has 8 heteroatoms. The van der Waals surface area contributed by atoms with Crippen LogP contribution in [0.4, 0.5) is 0 Å². The molecule has 1 aliphatic heterocycles. The molecule has 1 saturated heterocycles. The molecule has 1 aromatic carbocycles. The maximum absolute atomic E-state index is 12.9. The highest BCUT2D eigenvalue weighted by molar-refractivity contribution is 7.89. The normalized spacial score (nSPS) is 15.6. The first-order valence-corrected chi connectivity index (χ1v) is 9.31. The fourth-order valence-electron chi connectivity index (χ4n) is 2.83. The third-order valence-electron chi connectivity index (χ3n) is 4.10. The lowest BCUT2D eigenvalue weighted by molar-refractivity contribution is -0.131. The Bertz CT molecular complexity index is 712. The third kappa shape index (κ3) is 3.88. The van der Waals surface area contributed by atoms with Crippen molar-refractivity contribution in [2.45, 2.75) is 18.7 Å². The minimum absolute atomic E-state index is 0.0955. The van der Waals surface area contributed by atoms with E-state index in [2.05, 4.69) is 5.32 Å². The first-order chi connectivity index (χ1) is 11.3. The molecule has 1 heterocycles. The zero-order valence-electron chi connectivity index (χ0n) is 14.6.